The largest absolute Gasteiger partial charge is 0.493 e. The first-order valence-corrected chi connectivity index (χ1v) is 10.1. The first-order valence-electron chi connectivity index (χ1n) is 10.1. The van der Waals surface area contributed by atoms with E-state index in [9.17, 15) is 5.26 Å². The minimum Gasteiger partial charge on any atom is -0.493 e. The fourth-order valence-electron chi connectivity index (χ4n) is 3.01. The molecule has 0 unspecified atom stereocenters. The number of nitrogens with zero attached hydrogens (tertiary/aromatic N) is 1. The molecular weight excluding hydrogens is 390 g/mol. The van der Waals surface area contributed by atoms with E-state index in [0.29, 0.717) is 48.4 Å². The van der Waals surface area contributed by atoms with Crippen molar-refractivity contribution in [2.45, 2.75) is 6.92 Å². The van der Waals surface area contributed by atoms with Crippen LogP contribution in [0, 0.1) is 11.3 Å². The second-order valence-corrected chi connectivity index (χ2v) is 6.52. The van der Waals surface area contributed by atoms with Crippen molar-refractivity contribution >= 4 is 11.6 Å². The zero-order chi connectivity index (χ0) is 21.9. The van der Waals surface area contributed by atoms with E-state index in [2.05, 4.69) is 6.07 Å². The first-order chi connectivity index (χ1) is 15.2. The Bertz CT molecular complexity index is 1050. The number of para-hydroxylation sites is 2. The third-order valence-corrected chi connectivity index (χ3v) is 4.45. The van der Waals surface area contributed by atoms with Crippen LogP contribution in [0.25, 0.3) is 11.6 Å². The van der Waals surface area contributed by atoms with Crippen molar-refractivity contribution < 1.29 is 18.9 Å². The molecule has 0 radical (unpaired) electrons. The highest BCUT2D eigenvalue weighted by molar-refractivity contribution is 5.89. The lowest BCUT2D eigenvalue weighted by atomic mass is 10.0. The third kappa shape index (κ3) is 6.03. The maximum absolute atomic E-state index is 9.55. The predicted octanol–water partition coefficient (Wildman–Crippen LogP) is 5.62. The van der Waals surface area contributed by atoms with Crippen LogP contribution in [-0.2, 0) is 0 Å². The molecule has 0 bridgehead atoms. The molecule has 0 aliphatic heterocycles. The summed E-state index contributed by atoms with van der Waals surface area (Å²) in [6, 6.07) is 24.9. The molecule has 5 nitrogen and oxygen atoms in total. The molecule has 0 heterocycles. The second kappa shape index (κ2) is 11.3. The number of hydrogen-bond donors (Lipinski definition) is 0. The molecule has 0 N–H and O–H groups in total. The van der Waals surface area contributed by atoms with E-state index in [1.165, 1.54) is 0 Å². The standard InChI is InChI=1S/C26H25NO4/c1-3-29-26-18-20(17-22(19-27)21-9-5-4-6-10-21)13-14-25(26)31-16-15-30-24-12-8-7-11-23(24)28-2/h4-14,17-18H,3,15-16H2,1-2H3/b22-17+. The van der Waals surface area contributed by atoms with Crippen LogP contribution in [0.2, 0.25) is 0 Å². The summed E-state index contributed by atoms with van der Waals surface area (Å²) < 4.78 is 22.7. The van der Waals surface area contributed by atoms with Gasteiger partial charge < -0.3 is 18.9 Å². The molecule has 31 heavy (non-hydrogen) atoms. The molecule has 3 aromatic carbocycles. The Balaban J connectivity index is 1.69. The molecule has 0 saturated carbocycles. The fourth-order valence-corrected chi connectivity index (χ4v) is 3.01. The van der Waals surface area contributed by atoms with Gasteiger partial charge in [0.2, 0.25) is 0 Å². The zero-order valence-corrected chi connectivity index (χ0v) is 17.7. The summed E-state index contributed by atoms with van der Waals surface area (Å²) in [7, 11) is 1.61. The smallest absolute Gasteiger partial charge is 0.161 e. The highest BCUT2D eigenvalue weighted by Crippen LogP contribution is 2.31. The van der Waals surface area contributed by atoms with Gasteiger partial charge in [-0.05, 0) is 48.4 Å². The number of nitriles is 1. The van der Waals surface area contributed by atoms with Crippen molar-refractivity contribution in [1.82, 2.24) is 0 Å². The van der Waals surface area contributed by atoms with Crippen molar-refractivity contribution in [3.63, 3.8) is 0 Å². The normalized spacial score (nSPS) is 10.8. The summed E-state index contributed by atoms with van der Waals surface area (Å²) in [5, 5.41) is 9.55. The summed E-state index contributed by atoms with van der Waals surface area (Å²) in [6.07, 6.45) is 1.84. The van der Waals surface area contributed by atoms with Crippen molar-refractivity contribution in [3.8, 4) is 29.1 Å². The predicted molar refractivity (Wildman–Crippen MR) is 122 cm³/mol. The van der Waals surface area contributed by atoms with Crippen LogP contribution in [0.15, 0.2) is 72.8 Å². The third-order valence-electron chi connectivity index (χ3n) is 4.45. The molecule has 5 heteroatoms. The van der Waals surface area contributed by atoms with Crippen LogP contribution >= 0.6 is 0 Å². The minimum atomic E-state index is 0.348. The number of benzene rings is 3. The van der Waals surface area contributed by atoms with Gasteiger partial charge in [0.1, 0.15) is 13.2 Å². The summed E-state index contributed by atoms with van der Waals surface area (Å²) in [4.78, 5) is 0. The highest BCUT2D eigenvalue weighted by atomic mass is 16.5. The average molecular weight is 415 g/mol. The van der Waals surface area contributed by atoms with E-state index >= 15 is 0 Å². The van der Waals surface area contributed by atoms with Gasteiger partial charge in [-0.15, -0.1) is 0 Å². The van der Waals surface area contributed by atoms with Crippen molar-refractivity contribution in [2.75, 3.05) is 26.9 Å². The monoisotopic (exact) mass is 415 g/mol. The lowest BCUT2D eigenvalue weighted by molar-refractivity contribution is 0.203. The summed E-state index contributed by atoms with van der Waals surface area (Å²) in [5.41, 5.74) is 2.32. The highest BCUT2D eigenvalue weighted by Gasteiger charge is 2.08. The van der Waals surface area contributed by atoms with Gasteiger partial charge in [-0.2, -0.15) is 5.26 Å². The summed E-state index contributed by atoms with van der Waals surface area (Å²) in [5.74, 6) is 2.60. The lowest BCUT2D eigenvalue weighted by Crippen LogP contribution is -2.10. The quantitative estimate of drug-likeness (QED) is 0.244. The molecule has 0 amide bonds. The van der Waals surface area contributed by atoms with Crippen LogP contribution in [0.3, 0.4) is 0 Å². The van der Waals surface area contributed by atoms with Gasteiger partial charge in [0.25, 0.3) is 0 Å². The first kappa shape index (κ1) is 21.8. The number of rotatable bonds is 10. The van der Waals surface area contributed by atoms with Gasteiger partial charge in [-0.25, -0.2) is 0 Å². The van der Waals surface area contributed by atoms with E-state index in [1.54, 1.807) is 7.11 Å². The van der Waals surface area contributed by atoms with Gasteiger partial charge in [0.15, 0.2) is 23.0 Å². The molecule has 0 atom stereocenters. The molecule has 0 aromatic heterocycles. The minimum absolute atomic E-state index is 0.348. The van der Waals surface area contributed by atoms with Gasteiger partial charge in [0, 0.05) is 0 Å². The molecule has 0 aliphatic rings. The molecule has 3 rings (SSSR count). The van der Waals surface area contributed by atoms with Crippen LogP contribution in [-0.4, -0.2) is 26.9 Å². The Kier molecular flexibility index (Phi) is 7.96. The van der Waals surface area contributed by atoms with Gasteiger partial charge in [-0.3, -0.25) is 0 Å². The zero-order valence-electron chi connectivity index (χ0n) is 17.7. The number of ether oxygens (including phenoxy) is 4. The van der Waals surface area contributed by atoms with Crippen LogP contribution in [0.5, 0.6) is 23.0 Å². The Morgan fingerprint density at radius 2 is 1.45 bits per heavy atom. The number of methoxy groups -OCH3 is 1. The Labute approximate surface area is 183 Å². The fraction of sp³-hybridized carbons (Fsp3) is 0.192. The Morgan fingerprint density at radius 1 is 0.806 bits per heavy atom. The van der Waals surface area contributed by atoms with E-state index in [0.717, 1.165) is 11.1 Å². The Morgan fingerprint density at radius 3 is 2.10 bits per heavy atom. The van der Waals surface area contributed by atoms with Crippen molar-refractivity contribution in [3.05, 3.63) is 83.9 Å². The van der Waals surface area contributed by atoms with E-state index < -0.39 is 0 Å². The summed E-state index contributed by atoms with van der Waals surface area (Å²) >= 11 is 0. The van der Waals surface area contributed by atoms with E-state index in [-0.39, 0.29) is 0 Å². The van der Waals surface area contributed by atoms with Crippen LogP contribution < -0.4 is 18.9 Å². The maximum Gasteiger partial charge on any atom is 0.161 e. The molecule has 0 spiro atoms. The van der Waals surface area contributed by atoms with Gasteiger partial charge in [0.05, 0.1) is 25.4 Å². The molecular formula is C26H25NO4. The summed E-state index contributed by atoms with van der Waals surface area (Å²) in [6.45, 7) is 3.13. The number of allylic oxidation sites excluding steroid dienone is 1. The van der Waals surface area contributed by atoms with Crippen molar-refractivity contribution in [1.29, 1.82) is 5.26 Å². The molecule has 0 fully saturated rings. The average Bonchev–Trinajstić information content (AvgIpc) is 2.82. The molecule has 0 aliphatic carbocycles. The van der Waals surface area contributed by atoms with Crippen LogP contribution in [0.4, 0.5) is 0 Å². The molecule has 0 saturated heterocycles. The van der Waals surface area contributed by atoms with E-state index in [4.69, 9.17) is 18.9 Å². The van der Waals surface area contributed by atoms with E-state index in [1.807, 2.05) is 85.8 Å². The van der Waals surface area contributed by atoms with Gasteiger partial charge >= 0.3 is 0 Å². The molecule has 158 valence electrons. The molecule has 3 aromatic rings. The Hall–Kier alpha value is -3.91. The number of hydrogen-bond acceptors (Lipinski definition) is 5. The second-order valence-electron chi connectivity index (χ2n) is 6.52. The lowest BCUT2D eigenvalue weighted by Gasteiger charge is -2.14. The van der Waals surface area contributed by atoms with Crippen molar-refractivity contribution in [2.24, 2.45) is 0 Å². The maximum atomic E-state index is 9.55. The van der Waals surface area contributed by atoms with Gasteiger partial charge in [-0.1, -0.05) is 48.5 Å². The topological polar surface area (TPSA) is 60.7 Å². The SMILES string of the molecule is CCOc1cc(/C=C(\C#N)c2ccccc2)ccc1OCCOc1ccccc1OC. The van der Waals surface area contributed by atoms with Crippen LogP contribution in [0.1, 0.15) is 18.1 Å².